The van der Waals surface area contributed by atoms with Crippen LogP contribution in [0.2, 0.25) is 0 Å². The Morgan fingerprint density at radius 1 is 1.50 bits per heavy atom. The van der Waals surface area contributed by atoms with Crippen LogP contribution in [-0.4, -0.2) is 24.5 Å². The Morgan fingerprint density at radius 3 is 2.78 bits per heavy atom. The highest BCUT2D eigenvalue weighted by molar-refractivity contribution is 9.10. The van der Waals surface area contributed by atoms with Crippen molar-refractivity contribution < 1.29 is 14.3 Å². The van der Waals surface area contributed by atoms with Crippen LogP contribution in [0.5, 0.6) is 0 Å². The Labute approximate surface area is 114 Å². The molecule has 0 heterocycles. The summed E-state index contributed by atoms with van der Waals surface area (Å²) in [5.74, 6) is -1.05. The molecule has 0 saturated heterocycles. The van der Waals surface area contributed by atoms with Crippen molar-refractivity contribution in [1.29, 1.82) is 0 Å². The smallest absolute Gasteiger partial charge is 0.308 e. The van der Waals surface area contributed by atoms with E-state index in [9.17, 15) is 9.59 Å². The predicted octanol–water partition coefficient (Wildman–Crippen LogP) is 1.67. The molecule has 6 heteroatoms. The number of primary amides is 1. The van der Waals surface area contributed by atoms with Crippen molar-refractivity contribution in [2.45, 2.75) is 19.4 Å². The van der Waals surface area contributed by atoms with E-state index >= 15 is 0 Å². The first-order valence-corrected chi connectivity index (χ1v) is 6.29. The standard InChI is InChI=1S/C12H15BrN2O3/c1-2-18-11(16)7-10(12(14)17)15-9-5-3-4-8(13)6-9/h3-6,10,15H,2,7H2,1H3,(H2,14,17). The minimum atomic E-state index is -0.779. The molecule has 1 atom stereocenters. The van der Waals surface area contributed by atoms with Gasteiger partial charge in [-0.2, -0.15) is 0 Å². The molecule has 0 saturated carbocycles. The van der Waals surface area contributed by atoms with Crippen molar-refractivity contribution in [3.8, 4) is 0 Å². The number of amides is 1. The fourth-order valence-electron chi connectivity index (χ4n) is 1.39. The normalized spacial score (nSPS) is 11.7. The summed E-state index contributed by atoms with van der Waals surface area (Å²) in [6.45, 7) is 1.99. The van der Waals surface area contributed by atoms with Gasteiger partial charge in [0.25, 0.3) is 0 Å². The van der Waals surface area contributed by atoms with Gasteiger partial charge in [0.2, 0.25) is 5.91 Å². The number of hydrogen-bond acceptors (Lipinski definition) is 4. The number of nitrogens with two attached hydrogens (primary N) is 1. The Bertz CT molecular complexity index is 437. The Hall–Kier alpha value is -1.56. The molecule has 1 amide bonds. The molecule has 18 heavy (non-hydrogen) atoms. The average molecular weight is 315 g/mol. The second-order valence-electron chi connectivity index (χ2n) is 3.62. The number of nitrogens with one attached hydrogen (secondary N) is 1. The number of carbonyl (C=O) groups is 2. The Kier molecular flexibility index (Phi) is 5.64. The third-order valence-corrected chi connectivity index (χ3v) is 2.68. The number of rotatable bonds is 6. The lowest BCUT2D eigenvalue weighted by molar-refractivity contribution is -0.144. The van der Waals surface area contributed by atoms with Gasteiger partial charge in [0.05, 0.1) is 13.0 Å². The van der Waals surface area contributed by atoms with E-state index in [2.05, 4.69) is 21.2 Å². The summed E-state index contributed by atoms with van der Waals surface area (Å²) in [6, 6.07) is 6.47. The Balaban J connectivity index is 2.69. The van der Waals surface area contributed by atoms with Crippen LogP contribution in [0.3, 0.4) is 0 Å². The minimum Gasteiger partial charge on any atom is -0.466 e. The summed E-state index contributed by atoms with van der Waals surface area (Å²) in [4.78, 5) is 22.6. The van der Waals surface area contributed by atoms with Gasteiger partial charge in [-0.25, -0.2) is 0 Å². The molecule has 1 rings (SSSR count). The first-order chi connectivity index (χ1) is 8.52. The van der Waals surface area contributed by atoms with Gasteiger partial charge >= 0.3 is 5.97 Å². The van der Waals surface area contributed by atoms with Crippen LogP contribution >= 0.6 is 15.9 Å². The highest BCUT2D eigenvalue weighted by atomic mass is 79.9. The Morgan fingerprint density at radius 2 is 2.22 bits per heavy atom. The average Bonchev–Trinajstić information content (AvgIpc) is 2.28. The molecule has 98 valence electrons. The number of halogens is 1. The molecule has 0 aliphatic carbocycles. The zero-order chi connectivity index (χ0) is 13.5. The molecule has 0 aliphatic heterocycles. The molecule has 1 aromatic carbocycles. The molecule has 0 bridgehead atoms. The second kappa shape index (κ2) is 7.00. The molecule has 0 radical (unpaired) electrons. The van der Waals surface area contributed by atoms with Crippen molar-refractivity contribution in [1.82, 2.24) is 0 Å². The summed E-state index contributed by atoms with van der Waals surface area (Å²) in [7, 11) is 0. The lowest BCUT2D eigenvalue weighted by Crippen LogP contribution is -2.37. The van der Waals surface area contributed by atoms with Crippen LogP contribution in [0, 0.1) is 0 Å². The monoisotopic (exact) mass is 314 g/mol. The lowest BCUT2D eigenvalue weighted by Gasteiger charge is -2.16. The van der Waals surface area contributed by atoms with Crippen molar-refractivity contribution in [3.05, 3.63) is 28.7 Å². The summed E-state index contributed by atoms with van der Waals surface area (Å²) < 4.78 is 5.66. The molecular formula is C12H15BrN2O3. The molecule has 0 fully saturated rings. The maximum atomic E-state index is 11.3. The third-order valence-electron chi connectivity index (χ3n) is 2.19. The summed E-state index contributed by atoms with van der Waals surface area (Å²) in [6.07, 6.45) is -0.0876. The fourth-order valence-corrected chi connectivity index (χ4v) is 1.79. The summed E-state index contributed by atoms with van der Waals surface area (Å²) in [5.41, 5.74) is 5.95. The molecule has 1 unspecified atom stereocenters. The van der Waals surface area contributed by atoms with Crippen LogP contribution in [-0.2, 0) is 14.3 Å². The van der Waals surface area contributed by atoms with Crippen LogP contribution in [0.4, 0.5) is 5.69 Å². The maximum Gasteiger partial charge on any atom is 0.308 e. The van der Waals surface area contributed by atoms with Crippen molar-refractivity contribution >= 4 is 33.5 Å². The molecule has 5 nitrogen and oxygen atoms in total. The van der Waals surface area contributed by atoms with E-state index in [0.29, 0.717) is 5.69 Å². The molecule has 0 spiro atoms. The van der Waals surface area contributed by atoms with Gasteiger partial charge in [-0.05, 0) is 25.1 Å². The van der Waals surface area contributed by atoms with Crippen LogP contribution in [0.1, 0.15) is 13.3 Å². The van der Waals surface area contributed by atoms with E-state index in [1.807, 2.05) is 12.1 Å². The van der Waals surface area contributed by atoms with Gasteiger partial charge < -0.3 is 15.8 Å². The molecule has 3 N–H and O–H groups in total. The number of hydrogen-bond donors (Lipinski definition) is 2. The van der Waals surface area contributed by atoms with Gasteiger partial charge in [0.1, 0.15) is 6.04 Å². The quantitative estimate of drug-likeness (QED) is 0.783. The van der Waals surface area contributed by atoms with Gasteiger partial charge in [-0.15, -0.1) is 0 Å². The van der Waals surface area contributed by atoms with Gasteiger partial charge in [-0.1, -0.05) is 22.0 Å². The molecular weight excluding hydrogens is 300 g/mol. The van der Waals surface area contributed by atoms with Crippen LogP contribution < -0.4 is 11.1 Å². The molecule has 0 aromatic heterocycles. The van der Waals surface area contributed by atoms with Gasteiger partial charge in [0, 0.05) is 10.2 Å². The van der Waals surface area contributed by atoms with E-state index in [4.69, 9.17) is 10.5 Å². The largest absolute Gasteiger partial charge is 0.466 e. The predicted molar refractivity (Wildman–Crippen MR) is 72.0 cm³/mol. The number of anilines is 1. The minimum absolute atomic E-state index is 0.0876. The number of ether oxygens (including phenoxy) is 1. The molecule has 1 aromatic rings. The maximum absolute atomic E-state index is 11.3. The van der Waals surface area contributed by atoms with E-state index in [0.717, 1.165) is 4.47 Å². The summed E-state index contributed by atoms with van der Waals surface area (Å²) in [5, 5.41) is 2.90. The van der Waals surface area contributed by atoms with Crippen molar-refractivity contribution in [2.24, 2.45) is 5.73 Å². The van der Waals surface area contributed by atoms with Gasteiger partial charge in [-0.3, -0.25) is 9.59 Å². The first-order valence-electron chi connectivity index (χ1n) is 5.50. The number of esters is 1. The van der Waals surface area contributed by atoms with E-state index in [1.165, 1.54) is 0 Å². The SMILES string of the molecule is CCOC(=O)CC(Nc1cccc(Br)c1)C(N)=O. The lowest BCUT2D eigenvalue weighted by atomic mass is 10.2. The van der Waals surface area contributed by atoms with E-state index in [-0.39, 0.29) is 13.0 Å². The first kappa shape index (κ1) is 14.5. The zero-order valence-corrected chi connectivity index (χ0v) is 11.6. The topological polar surface area (TPSA) is 81.4 Å². The van der Waals surface area contributed by atoms with Crippen molar-refractivity contribution in [2.75, 3.05) is 11.9 Å². The van der Waals surface area contributed by atoms with E-state index < -0.39 is 17.9 Å². The van der Waals surface area contributed by atoms with Crippen molar-refractivity contribution in [3.63, 3.8) is 0 Å². The highest BCUT2D eigenvalue weighted by Crippen LogP contribution is 2.17. The van der Waals surface area contributed by atoms with Crippen LogP contribution in [0.25, 0.3) is 0 Å². The third kappa shape index (κ3) is 4.75. The fraction of sp³-hybridized carbons (Fsp3) is 0.333. The number of benzene rings is 1. The van der Waals surface area contributed by atoms with Crippen LogP contribution in [0.15, 0.2) is 28.7 Å². The second-order valence-corrected chi connectivity index (χ2v) is 4.53. The number of carbonyl (C=O) groups excluding carboxylic acids is 2. The zero-order valence-electron chi connectivity index (χ0n) is 9.98. The summed E-state index contributed by atoms with van der Waals surface area (Å²) >= 11 is 3.32. The van der Waals surface area contributed by atoms with E-state index in [1.54, 1.807) is 19.1 Å². The highest BCUT2D eigenvalue weighted by Gasteiger charge is 2.20. The van der Waals surface area contributed by atoms with Gasteiger partial charge in [0.15, 0.2) is 0 Å². The molecule has 0 aliphatic rings.